The van der Waals surface area contributed by atoms with E-state index >= 15 is 0 Å². The smallest absolute Gasteiger partial charge is 0.219 e. The van der Waals surface area contributed by atoms with Gasteiger partial charge in [0.1, 0.15) is 5.82 Å². The number of hydrogen-bond donors (Lipinski definition) is 1. The molecular weight excluding hydrogens is 324 g/mol. The quantitative estimate of drug-likeness (QED) is 0.699. The summed E-state index contributed by atoms with van der Waals surface area (Å²) in [7, 11) is 0. The second-order valence-corrected chi connectivity index (χ2v) is 5.74. The molecule has 2 aromatic heterocycles. The van der Waals surface area contributed by atoms with Crippen molar-refractivity contribution in [2.45, 2.75) is 20.4 Å². The molecule has 0 fully saturated rings. The first-order valence-corrected chi connectivity index (χ1v) is 8.40. The molecule has 0 bridgehead atoms. The summed E-state index contributed by atoms with van der Waals surface area (Å²) in [4.78, 5) is 8.61. The molecule has 7 heteroatoms. The standard InChI is InChI=1S/C17H18N4O2S/c1-3-22-14-6-4-5-7-15(14)23-16-9-8-13(10-18-16)11-19-17-20-12(2)21-24-17/h4-10H,3,11H2,1-2H3,(H,19,20,21). The summed E-state index contributed by atoms with van der Waals surface area (Å²) in [5.74, 6) is 2.66. The van der Waals surface area contributed by atoms with Crippen molar-refractivity contribution in [2.75, 3.05) is 11.9 Å². The van der Waals surface area contributed by atoms with E-state index in [0.29, 0.717) is 30.5 Å². The molecule has 2 heterocycles. The molecule has 0 atom stereocenters. The summed E-state index contributed by atoms with van der Waals surface area (Å²) in [6.07, 6.45) is 1.78. The van der Waals surface area contributed by atoms with Crippen LogP contribution in [0.3, 0.4) is 0 Å². The van der Waals surface area contributed by atoms with Crippen LogP contribution < -0.4 is 14.8 Å². The van der Waals surface area contributed by atoms with Gasteiger partial charge in [-0.25, -0.2) is 9.97 Å². The van der Waals surface area contributed by atoms with Crippen molar-refractivity contribution in [1.82, 2.24) is 14.3 Å². The van der Waals surface area contributed by atoms with Gasteiger partial charge in [-0.1, -0.05) is 18.2 Å². The number of benzene rings is 1. The van der Waals surface area contributed by atoms with Crippen molar-refractivity contribution < 1.29 is 9.47 Å². The van der Waals surface area contributed by atoms with Crippen LogP contribution in [0.2, 0.25) is 0 Å². The van der Waals surface area contributed by atoms with Crippen LogP contribution in [0, 0.1) is 6.92 Å². The van der Waals surface area contributed by atoms with Gasteiger partial charge in [-0.05, 0) is 31.5 Å². The number of nitrogens with zero attached hydrogens (tertiary/aromatic N) is 3. The molecule has 0 saturated carbocycles. The number of aryl methyl sites for hydroxylation is 1. The van der Waals surface area contributed by atoms with E-state index in [4.69, 9.17) is 9.47 Å². The molecule has 0 aliphatic carbocycles. The number of pyridine rings is 1. The predicted octanol–water partition coefficient (Wildman–Crippen LogP) is 4.04. The molecule has 0 amide bonds. The van der Waals surface area contributed by atoms with E-state index in [1.54, 1.807) is 6.20 Å². The van der Waals surface area contributed by atoms with Crippen LogP contribution in [0.4, 0.5) is 5.13 Å². The lowest BCUT2D eigenvalue weighted by atomic mass is 10.3. The van der Waals surface area contributed by atoms with Crippen LogP contribution >= 0.6 is 11.5 Å². The molecule has 0 aliphatic rings. The number of rotatable bonds is 7. The van der Waals surface area contributed by atoms with E-state index < -0.39 is 0 Å². The average Bonchev–Trinajstić information content (AvgIpc) is 3.02. The highest BCUT2D eigenvalue weighted by molar-refractivity contribution is 7.09. The Hall–Kier alpha value is -2.67. The zero-order valence-electron chi connectivity index (χ0n) is 13.5. The van der Waals surface area contributed by atoms with Gasteiger partial charge in [0.25, 0.3) is 0 Å². The van der Waals surface area contributed by atoms with Crippen LogP contribution in [0.1, 0.15) is 18.3 Å². The Morgan fingerprint density at radius 3 is 2.62 bits per heavy atom. The maximum Gasteiger partial charge on any atom is 0.219 e. The summed E-state index contributed by atoms with van der Waals surface area (Å²) < 4.78 is 15.5. The highest BCUT2D eigenvalue weighted by atomic mass is 32.1. The first kappa shape index (κ1) is 16.2. The molecule has 124 valence electrons. The first-order chi connectivity index (χ1) is 11.7. The SMILES string of the molecule is CCOc1ccccc1Oc1ccc(CNc2nc(C)ns2)cn1. The molecule has 0 aliphatic heterocycles. The van der Waals surface area contributed by atoms with E-state index in [0.717, 1.165) is 16.5 Å². The van der Waals surface area contributed by atoms with Gasteiger partial charge in [-0.2, -0.15) is 4.37 Å². The summed E-state index contributed by atoms with van der Waals surface area (Å²) >= 11 is 1.35. The van der Waals surface area contributed by atoms with Crippen molar-refractivity contribution in [3.8, 4) is 17.4 Å². The predicted molar refractivity (Wildman–Crippen MR) is 93.9 cm³/mol. The molecule has 0 radical (unpaired) electrons. The molecule has 1 N–H and O–H groups in total. The van der Waals surface area contributed by atoms with E-state index in [2.05, 4.69) is 19.7 Å². The van der Waals surface area contributed by atoms with Gasteiger partial charge >= 0.3 is 0 Å². The minimum Gasteiger partial charge on any atom is -0.490 e. The van der Waals surface area contributed by atoms with Crippen LogP contribution in [-0.4, -0.2) is 20.9 Å². The van der Waals surface area contributed by atoms with Crippen molar-refractivity contribution in [2.24, 2.45) is 0 Å². The van der Waals surface area contributed by atoms with Crippen LogP contribution in [0.15, 0.2) is 42.6 Å². The number of hydrogen-bond acceptors (Lipinski definition) is 7. The number of para-hydroxylation sites is 2. The van der Waals surface area contributed by atoms with Crippen molar-refractivity contribution in [3.05, 3.63) is 54.0 Å². The largest absolute Gasteiger partial charge is 0.490 e. The Morgan fingerprint density at radius 1 is 1.12 bits per heavy atom. The second kappa shape index (κ2) is 7.74. The third-order valence-electron chi connectivity index (χ3n) is 3.13. The molecule has 0 unspecified atom stereocenters. The fraction of sp³-hybridized carbons (Fsp3) is 0.235. The summed E-state index contributed by atoms with van der Waals surface area (Å²) in [6.45, 7) is 5.03. The van der Waals surface area contributed by atoms with Crippen LogP contribution in [0.5, 0.6) is 17.4 Å². The Bertz CT molecular complexity index is 789. The molecule has 3 rings (SSSR count). The van der Waals surface area contributed by atoms with Crippen LogP contribution in [-0.2, 0) is 6.54 Å². The van der Waals surface area contributed by atoms with E-state index in [9.17, 15) is 0 Å². The van der Waals surface area contributed by atoms with E-state index in [1.807, 2.05) is 50.2 Å². The molecule has 0 spiro atoms. The summed E-state index contributed by atoms with van der Waals surface area (Å²) in [5, 5.41) is 4.03. The van der Waals surface area contributed by atoms with Crippen molar-refractivity contribution in [3.63, 3.8) is 0 Å². The zero-order chi connectivity index (χ0) is 16.8. The number of ether oxygens (including phenoxy) is 2. The normalized spacial score (nSPS) is 10.4. The van der Waals surface area contributed by atoms with Crippen molar-refractivity contribution in [1.29, 1.82) is 0 Å². The molecule has 0 saturated heterocycles. The van der Waals surface area contributed by atoms with Gasteiger partial charge in [-0.15, -0.1) is 0 Å². The second-order valence-electron chi connectivity index (χ2n) is 4.99. The van der Waals surface area contributed by atoms with E-state index in [-0.39, 0.29) is 0 Å². The number of nitrogens with one attached hydrogen (secondary N) is 1. The summed E-state index contributed by atoms with van der Waals surface area (Å²) in [5.41, 5.74) is 1.04. The first-order valence-electron chi connectivity index (χ1n) is 7.63. The number of aromatic nitrogens is 3. The Labute approximate surface area is 144 Å². The maximum atomic E-state index is 5.81. The van der Waals surface area contributed by atoms with Gasteiger partial charge in [0, 0.05) is 30.3 Å². The van der Waals surface area contributed by atoms with Gasteiger partial charge < -0.3 is 14.8 Å². The third kappa shape index (κ3) is 4.20. The van der Waals surface area contributed by atoms with Gasteiger partial charge in [0.15, 0.2) is 11.5 Å². The Balaban J connectivity index is 1.62. The topological polar surface area (TPSA) is 69.2 Å². The Kier molecular flexibility index (Phi) is 5.22. The molecule has 1 aromatic carbocycles. The van der Waals surface area contributed by atoms with E-state index in [1.165, 1.54) is 11.5 Å². The monoisotopic (exact) mass is 342 g/mol. The minimum atomic E-state index is 0.526. The zero-order valence-corrected chi connectivity index (χ0v) is 14.3. The lowest BCUT2D eigenvalue weighted by Gasteiger charge is -2.10. The number of anilines is 1. The fourth-order valence-electron chi connectivity index (χ4n) is 2.04. The lowest BCUT2D eigenvalue weighted by Crippen LogP contribution is -2.00. The average molecular weight is 342 g/mol. The van der Waals surface area contributed by atoms with Crippen LogP contribution in [0.25, 0.3) is 0 Å². The molecule has 3 aromatic rings. The maximum absolute atomic E-state index is 5.81. The Morgan fingerprint density at radius 2 is 1.96 bits per heavy atom. The molecule has 6 nitrogen and oxygen atoms in total. The summed E-state index contributed by atoms with van der Waals surface area (Å²) in [6, 6.07) is 11.4. The highest BCUT2D eigenvalue weighted by Gasteiger charge is 2.06. The van der Waals surface area contributed by atoms with Gasteiger partial charge in [-0.3, -0.25) is 0 Å². The highest BCUT2D eigenvalue weighted by Crippen LogP contribution is 2.30. The molecular formula is C17H18N4O2S. The molecule has 24 heavy (non-hydrogen) atoms. The van der Waals surface area contributed by atoms with Gasteiger partial charge in [0.2, 0.25) is 11.0 Å². The fourth-order valence-corrected chi connectivity index (χ4v) is 2.61. The van der Waals surface area contributed by atoms with Gasteiger partial charge in [0.05, 0.1) is 6.61 Å². The third-order valence-corrected chi connectivity index (χ3v) is 3.90. The lowest BCUT2D eigenvalue weighted by molar-refractivity contribution is 0.319. The minimum absolute atomic E-state index is 0.526. The van der Waals surface area contributed by atoms with Crippen molar-refractivity contribution >= 4 is 16.7 Å².